The van der Waals surface area contributed by atoms with Crippen molar-refractivity contribution in [3.63, 3.8) is 0 Å². The molecule has 17 heavy (non-hydrogen) atoms. The molecule has 2 aromatic rings. The molecule has 90 valence electrons. The summed E-state index contributed by atoms with van der Waals surface area (Å²) < 4.78 is 1.10. The van der Waals surface area contributed by atoms with Gasteiger partial charge in [0.2, 0.25) is 0 Å². The summed E-state index contributed by atoms with van der Waals surface area (Å²) in [4.78, 5) is 4.73. The lowest BCUT2D eigenvalue weighted by Crippen LogP contribution is -2.01. The van der Waals surface area contributed by atoms with E-state index in [1.165, 1.54) is 16.6 Å². The van der Waals surface area contributed by atoms with Crippen LogP contribution < -0.4 is 5.32 Å². The van der Waals surface area contributed by atoms with Crippen molar-refractivity contribution in [2.45, 2.75) is 27.2 Å². The molecule has 2 rings (SSSR count). The molecule has 2 nitrogen and oxygen atoms in total. The number of aromatic nitrogens is 1. The first-order valence-corrected chi connectivity index (χ1v) is 6.79. The van der Waals surface area contributed by atoms with Crippen LogP contribution in [0.4, 0.5) is 5.69 Å². The Morgan fingerprint density at radius 1 is 1.29 bits per heavy atom. The van der Waals surface area contributed by atoms with Gasteiger partial charge in [0, 0.05) is 27.8 Å². The van der Waals surface area contributed by atoms with Crippen molar-refractivity contribution in [3.05, 3.63) is 33.9 Å². The van der Waals surface area contributed by atoms with E-state index in [1.54, 1.807) is 0 Å². The minimum absolute atomic E-state index is 0.919. The van der Waals surface area contributed by atoms with Crippen molar-refractivity contribution in [1.82, 2.24) is 4.98 Å². The lowest BCUT2D eigenvalue weighted by Gasteiger charge is -2.13. The predicted molar refractivity (Wildman–Crippen MR) is 77.7 cm³/mol. The van der Waals surface area contributed by atoms with Gasteiger partial charge in [-0.05, 0) is 38.0 Å². The molecular weight excluding hydrogens is 276 g/mol. The van der Waals surface area contributed by atoms with Crippen LogP contribution in [0, 0.1) is 6.92 Å². The Kier molecular flexibility index (Phi) is 3.67. The summed E-state index contributed by atoms with van der Waals surface area (Å²) >= 11 is 3.62. The second-order valence-electron chi connectivity index (χ2n) is 4.13. The maximum absolute atomic E-state index is 4.73. The standard InChI is InChI=1S/C14H17BrN2/c1-4-10-8-12(16-5-2)13-11(15)7-6-9(3)14(13)17-10/h6-8H,4-5H2,1-3H3,(H,16,17). The lowest BCUT2D eigenvalue weighted by molar-refractivity contribution is 1.05. The molecule has 1 heterocycles. The highest BCUT2D eigenvalue weighted by atomic mass is 79.9. The number of aryl methyl sites for hydroxylation is 2. The van der Waals surface area contributed by atoms with Gasteiger partial charge in [-0.2, -0.15) is 0 Å². The lowest BCUT2D eigenvalue weighted by atomic mass is 10.1. The summed E-state index contributed by atoms with van der Waals surface area (Å²) in [5.74, 6) is 0. The molecule has 0 fully saturated rings. The van der Waals surface area contributed by atoms with E-state index in [0.717, 1.165) is 28.6 Å². The molecule has 0 atom stereocenters. The molecule has 0 spiro atoms. The van der Waals surface area contributed by atoms with Gasteiger partial charge >= 0.3 is 0 Å². The van der Waals surface area contributed by atoms with Crippen LogP contribution in [0.5, 0.6) is 0 Å². The van der Waals surface area contributed by atoms with Crippen LogP contribution in [-0.4, -0.2) is 11.5 Å². The van der Waals surface area contributed by atoms with Crippen LogP contribution in [0.15, 0.2) is 22.7 Å². The zero-order valence-corrected chi connectivity index (χ0v) is 12.1. The number of rotatable bonds is 3. The molecule has 1 aromatic carbocycles. The fraction of sp³-hybridized carbons (Fsp3) is 0.357. The molecular formula is C14H17BrN2. The summed E-state index contributed by atoms with van der Waals surface area (Å²) in [6.45, 7) is 7.28. The van der Waals surface area contributed by atoms with Gasteiger partial charge in [-0.25, -0.2) is 0 Å². The highest BCUT2D eigenvalue weighted by Crippen LogP contribution is 2.32. The Hall–Kier alpha value is -1.09. The topological polar surface area (TPSA) is 24.9 Å². The Morgan fingerprint density at radius 2 is 2.06 bits per heavy atom. The monoisotopic (exact) mass is 292 g/mol. The number of benzene rings is 1. The van der Waals surface area contributed by atoms with E-state index in [9.17, 15) is 0 Å². The van der Waals surface area contributed by atoms with Crippen molar-refractivity contribution < 1.29 is 0 Å². The third kappa shape index (κ3) is 2.29. The van der Waals surface area contributed by atoms with Crippen molar-refractivity contribution in [3.8, 4) is 0 Å². The van der Waals surface area contributed by atoms with Gasteiger partial charge in [0.1, 0.15) is 0 Å². The number of halogens is 1. The Balaban J connectivity index is 2.80. The van der Waals surface area contributed by atoms with Gasteiger partial charge in [-0.1, -0.05) is 28.9 Å². The summed E-state index contributed by atoms with van der Waals surface area (Å²) in [6, 6.07) is 6.34. The Morgan fingerprint density at radius 3 is 2.71 bits per heavy atom. The largest absolute Gasteiger partial charge is 0.385 e. The van der Waals surface area contributed by atoms with Crippen LogP contribution in [0.25, 0.3) is 10.9 Å². The molecule has 0 aliphatic carbocycles. The minimum Gasteiger partial charge on any atom is -0.385 e. The fourth-order valence-corrected chi connectivity index (χ4v) is 2.53. The van der Waals surface area contributed by atoms with E-state index in [1.807, 2.05) is 0 Å². The first-order valence-electron chi connectivity index (χ1n) is 6.00. The van der Waals surface area contributed by atoms with Crippen molar-refractivity contribution >= 4 is 32.5 Å². The summed E-state index contributed by atoms with van der Waals surface area (Å²) in [6.07, 6.45) is 0.959. The van der Waals surface area contributed by atoms with Gasteiger partial charge in [0.25, 0.3) is 0 Å². The molecule has 0 saturated heterocycles. The highest BCUT2D eigenvalue weighted by molar-refractivity contribution is 9.10. The van der Waals surface area contributed by atoms with E-state index < -0.39 is 0 Å². The van der Waals surface area contributed by atoms with Crippen molar-refractivity contribution in [2.24, 2.45) is 0 Å². The van der Waals surface area contributed by atoms with Crippen LogP contribution in [0.1, 0.15) is 25.1 Å². The summed E-state index contributed by atoms with van der Waals surface area (Å²) in [5, 5.41) is 4.61. The fourth-order valence-electron chi connectivity index (χ4n) is 2.00. The van der Waals surface area contributed by atoms with Gasteiger partial charge < -0.3 is 5.32 Å². The third-order valence-electron chi connectivity index (χ3n) is 2.89. The van der Waals surface area contributed by atoms with Crippen LogP contribution in [0.2, 0.25) is 0 Å². The van der Waals surface area contributed by atoms with Gasteiger partial charge in [-0.15, -0.1) is 0 Å². The molecule has 0 aliphatic rings. The van der Waals surface area contributed by atoms with Crippen LogP contribution >= 0.6 is 15.9 Å². The Labute approximate surface area is 111 Å². The van der Waals surface area contributed by atoms with Crippen LogP contribution in [0.3, 0.4) is 0 Å². The Bertz CT molecular complexity index is 549. The SMILES string of the molecule is CCNc1cc(CC)nc2c(C)ccc(Br)c12. The molecule has 0 unspecified atom stereocenters. The van der Waals surface area contributed by atoms with Gasteiger partial charge in [-0.3, -0.25) is 4.98 Å². The number of nitrogens with one attached hydrogen (secondary N) is 1. The number of hydrogen-bond acceptors (Lipinski definition) is 2. The molecule has 3 heteroatoms. The molecule has 0 aliphatic heterocycles. The quantitative estimate of drug-likeness (QED) is 0.912. The van der Waals surface area contributed by atoms with Crippen molar-refractivity contribution in [1.29, 1.82) is 0 Å². The average Bonchev–Trinajstić information content (AvgIpc) is 2.34. The van der Waals surface area contributed by atoms with Gasteiger partial charge in [0.05, 0.1) is 5.52 Å². The summed E-state index contributed by atoms with van der Waals surface area (Å²) in [7, 11) is 0. The van der Waals surface area contributed by atoms with Crippen LogP contribution in [-0.2, 0) is 6.42 Å². The van der Waals surface area contributed by atoms with Crippen molar-refractivity contribution in [2.75, 3.05) is 11.9 Å². The average molecular weight is 293 g/mol. The second kappa shape index (κ2) is 5.05. The summed E-state index contributed by atoms with van der Waals surface area (Å²) in [5.41, 5.74) is 4.62. The second-order valence-corrected chi connectivity index (χ2v) is 4.99. The van der Waals surface area contributed by atoms with E-state index in [4.69, 9.17) is 4.98 Å². The normalized spacial score (nSPS) is 10.8. The maximum atomic E-state index is 4.73. The third-order valence-corrected chi connectivity index (χ3v) is 3.55. The molecule has 1 aromatic heterocycles. The number of pyridine rings is 1. The van der Waals surface area contributed by atoms with E-state index in [2.05, 4.69) is 60.2 Å². The zero-order valence-electron chi connectivity index (χ0n) is 10.5. The molecule has 0 radical (unpaired) electrons. The van der Waals surface area contributed by atoms with Gasteiger partial charge in [0.15, 0.2) is 0 Å². The number of hydrogen-bond donors (Lipinski definition) is 1. The first-order chi connectivity index (χ1) is 8.17. The predicted octanol–water partition coefficient (Wildman–Crippen LogP) is 4.30. The number of nitrogens with zero attached hydrogens (tertiary/aromatic N) is 1. The van der Waals surface area contributed by atoms with E-state index in [-0.39, 0.29) is 0 Å². The molecule has 0 saturated carbocycles. The number of fused-ring (bicyclic) bond motifs is 1. The first kappa shape index (κ1) is 12.4. The minimum atomic E-state index is 0.919. The highest BCUT2D eigenvalue weighted by Gasteiger charge is 2.09. The smallest absolute Gasteiger partial charge is 0.0766 e. The van der Waals surface area contributed by atoms with E-state index >= 15 is 0 Å². The molecule has 0 bridgehead atoms. The molecule has 1 N–H and O–H groups in total. The molecule has 0 amide bonds. The number of anilines is 1. The maximum Gasteiger partial charge on any atom is 0.0766 e. The van der Waals surface area contributed by atoms with E-state index in [0.29, 0.717) is 0 Å². The zero-order chi connectivity index (χ0) is 12.4.